The normalized spacial score (nSPS) is 10.3. The van der Waals surface area contributed by atoms with E-state index < -0.39 is 31.3 Å². The fourth-order valence-corrected chi connectivity index (χ4v) is 1.19. The van der Waals surface area contributed by atoms with Crippen LogP contribution in [0, 0.1) is 0 Å². The van der Waals surface area contributed by atoms with E-state index in [1.807, 2.05) is 0 Å². The van der Waals surface area contributed by atoms with Gasteiger partial charge < -0.3 is 24.9 Å². The third kappa shape index (κ3) is 3.27. The van der Waals surface area contributed by atoms with Crippen molar-refractivity contribution in [1.82, 2.24) is 0 Å². The molecule has 1 aromatic rings. The second kappa shape index (κ2) is 5.97. The molecule has 0 aliphatic heterocycles. The molecule has 2 N–H and O–H groups in total. The van der Waals surface area contributed by atoms with Crippen molar-refractivity contribution in [2.24, 2.45) is 0 Å². The minimum Gasteiger partial charge on any atom is -0.545 e. The summed E-state index contributed by atoms with van der Waals surface area (Å²) in [6.45, 7) is -1.09. The molecular weight excluding hydrogens is 228 g/mol. The molecule has 0 unspecified atom stereocenters. The van der Waals surface area contributed by atoms with Crippen molar-refractivity contribution < 1.29 is 29.6 Å². The highest BCUT2D eigenvalue weighted by Gasteiger charge is 2.17. The van der Waals surface area contributed by atoms with Gasteiger partial charge in [-0.15, -0.1) is 0 Å². The zero-order chi connectivity index (χ0) is 12.8. The van der Waals surface area contributed by atoms with Crippen LogP contribution in [0.25, 0.3) is 0 Å². The summed E-state index contributed by atoms with van der Waals surface area (Å²) < 4.78 is 4.70. The third-order valence-electron chi connectivity index (χ3n) is 2.05. The molecule has 0 fully saturated rings. The van der Waals surface area contributed by atoms with Crippen molar-refractivity contribution in [2.45, 2.75) is 6.10 Å². The monoisotopic (exact) mass is 239 g/mol. The maximum absolute atomic E-state index is 11.6. The number of carbonyl (C=O) groups is 2. The predicted octanol–water partition coefficient (Wildman–Crippen LogP) is -1.44. The Balaban J connectivity index is 2.92. The summed E-state index contributed by atoms with van der Waals surface area (Å²) in [6.07, 6.45) is -1.07. The minimum absolute atomic E-state index is 0.181. The van der Waals surface area contributed by atoms with E-state index >= 15 is 0 Å². The molecule has 0 aliphatic carbocycles. The van der Waals surface area contributed by atoms with E-state index in [1.165, 1.54) is 24.3 Å². The number of esters is 1. The molecule has 1 rings (SSSR count). The number of aliphatic hydroxyl groups is 2. The van der Waals surface area contributed by atoms with E-state index in [4.69, 9.17) is 14.9 Å². The first-order valence-electron chi connectivity index (χ1n) is 4.83. The number of hydrogen-bond acceptors (Lipinski definition) is 6. The Morgan fingerprint density at radius 3 is 2.18 bits per heavy atom. The van der Waals surface area contributed by atoms with Gasteiger partial charge in [0, 0.05) is 5.56 Å². The quantitative estimate of drug-likeness (QED) is 0.609. The Morgan fingerprint density at radius 1 is 1.18 bits per heavy atom. The standard InChI is InChI=1S/C11H12O6/c12-5-7(6-13)17-11(16)9-4-2-1-3-8(9)10(14)15/h1-4,7,12-13H,5-6H2,(H,14,15)/p-1. The van der Waals surface area contributed by atoms with Crippen molar-refractivity contribution in [3.8, 4) is 0 Å². The van der Waals surface area contributed by atoms with Crippen molar-refractivity contribution in [3.05, 3.63) is 35.4 Å². The Bertz CT molecular complexity index is 410. The molecule has 6 nitrogen and oxygen atoms in total. The maximum atomic E-state index is 11.6. The number of hydrogen-bond donors (Lipinski definition) is 2. The lowest BCUT2D eigenvalue weighted by molar-refractivity contribution is -0.255. The van der Waals surface area contributed by atoms with Crippen LogP contribution in [0.2, 0.25) is 0 Å². The Morgan fingerprint density at radius 2 is 1.71 bits per heavy atom. The van der Waals surface area contributed by atoms with Crippen molar-refractivity contribution in [3.63, 3.8) is 0 Å². The van der Waals surface area contributed by atoms with Crippen LogP contribution in [0.1, 0.15) is 20.7 Å². The topological polar surface area (TPSA) is 107 Å². The lowest BCUT2D eigenvalue weighted by Gasteiger charge is -2.14. The van der Waals surface area contributed by atoms with Crippen LogP contribution >= 0.6 is 0 Å². The van der Waals surface area contributed by atoms with Crippen LogP contribution in [-0.4, -0.2) is 41.5 Å². The zero-order valence-electron chi connectivity index (χ0n) is 8.83. The van der Waals surface area contributed by atoms with Crippen LogP contribution in [-0.2, 0) is 4.74 Å². The first kappa shape index (κ1) is 13.1. The second-order valence-electron chi connectivity index (χ2n) is 3.23. The number of carboxylic acid groups (broad SMARTS) is 1. The van der Waals surface area contributed by atoms with Crippen molar-refractivity contribution in [2.75, 3.05) is 13.2 Å². The molecule has 0 spiro atoms. The average molecular weight is 239 g/mol. The van der Waals surface area contributed by atoms with E-state index in [-0.39, 0.29) is 11.1 Å². The van der Waals surface area contributed by atoms with E-state index in [9.17, 15) is 14.7 Å². The van der Waals surface area contributed by atoms with E-state index in [1.54, 1.807) is 0 Å². The van der Waals surface area contributed by atoms with Crippen LogP contribution in [0.15, 0.2) is 24.3 Å². The highest BCUT2D eigenvalue weighted by molar-refractivity contribution is 6.01. The van der Waals surface area contributed by atoms with Gasteiger partial charge in [-0.25, -0.2) is 4.79 Å². The van der Waals surface area contributed by atoms with Gasteiger partial charge in [-0.2, -0.15) is 0 Å². The van der Waals surface area contributed by atoms with Crippen LogP contribution in [0.5, 0.6) is 0 Å². The van der Waals surface area contributed by atoms with E-state index in [0.29, 0.717) is 0 Å². The van der Waals surface area contributed by atoms with Gasteiger partial charge >= 0.3 is 5.97 Å². The molecule has 0 aliphatic rings. The molecule has 92 valence electrons. The van der Waals surface area contributed by atoms with Gasteiger partial charge in [-0.05, 0) is 6.07 Å². The van der Waals surface area contributed by atoms with E-state index in [2.05, 4.69) is 0 Å². The number of carboxylic acids is 1. The van der Waals surface area contributed by atoms with Crippen LogP contribution in [0.4, 0.5) is 0 Å². The molecule has 17 heavy (non-hydrogen) atoms. The third-order valence-corrected chi connectivity index (χ3v) is 2.05. The fraction of sp³-hybridized carbons (Fsp3) is 0.273. The highest BCUT2D eigenvalue weighted by Crippen LogP contribution is 2.10. The summed E-state index contributed by atoms with van der Waals surface area (Å²) in [5, 5.41) is 28.2. The van der Waals surface area contributed by atoms with Crippen LogP contribution < -0.4 is 5.11 Å². The van der Waals surface area contributed by atoms with Crippen molar-refractivity contribution in [1.29, 1.82) is 0 Å². The van der Waals surface area contributed by atoms with Gasteiger partial charge in [-0.3, -0.25) is 0 Å². The minimum atomic E-state index is -1.50. The SMILES string of the molecule is O=C([O-])c1ccccc1C(=O)OC(CO)CO. The highest BCUT2D eigenvalue weighted by atomic mass is 16.6. The Kier molecular flexibility index (Phi) is 4.62. The first-order chi connectivity index (χ1) is 8.10. The number of benzene rings is 1. The molecule has 0 bridgehead atoms. The number of rotatable bonds is 5. The van der Waals surface area contributed by atoms with Gasteiger partial charge in [-0.1, -0.05) is 18.2 Å². The molecule has 0 heterocycles. The van der Waals surface area contributed by atoms with Gasteiger partial charge in [0.05, 0.1) is 24.7 Å². The van der Waals surface area contributed by atoms with Crippen LogP contribution in [0.3, 0.4) is 0 Å². The Labute approximate surface area is 97.1 Å². The first-order valence-corrected chi connectivity index (χ1v) is 4.83. The van der Waals surface area contributed by atoms with Crippen molar-refractivity contribution >= 4 is 11.9 Å². The van der Waals surface area contributed by atoms with E-state index in [0.717, 1.165) is 0 Å². The molecule has 6 heteroatoms. The average Bonchev–Trinajstić information content (AvgIpc) is 2.35. The second-order valence-corrected chi connectivity index (χ2v) is 3.23. The molecule has 0 radical (unpaired) electrons. The lowest BCUT2D eigenvalue weighted by atomic mass is 10.1. The lowest BCUT2D eigenvalue weighted by Crippen LogP contribution is -2.29. The largest absolute Gasteiger partial charge is 0.545 e. The summed E-state index contributed by atoms with van der Waals surface area (Å²) in [5.74, 6) is -2.43. The molecule has 0 atom stereocenters. The summed E-state index contributed by atoms with van der Waals surface area (Å²) in [5.41, 5.74) is -0.480. The molecule has 0 aromatic heterocycles. The zero-order valence-corrected chi connectivity index (χ0v) is 8.83. The number of ether oxygens (including phenoxy) is 1. The van der Waals surface area contributed by atoms with Gasteiger partial charge in [0.15, 0.2) is 0 Å². The maximum Gasteiger partial charge on any atom is 0.339 e. The molecule has 0 saturated carbocycles. The number of aromatic carboxylic acids is 1. The number of carbonyl (C=O) groups excluding carboxylic acids is 2. The smallest absolute Gasteiger partial charge is 0.339 e. The molecular formula is C11H11O6-. The molecule has 0 saturated heterocycles. The molecule has 1 aromatic carbocycles. The predicted molar refractivity (Wildman–Crippen MR) is 54.1 cm³/mol. The summed E-state index contributed by atoms with van der Waals surface area (Å²) in [7, 11) is 0. The summed E-state index contributed by atoms with van der Waals surface area (Å²) in [6, 6.07) is 5.38. The van der Waals surface area contributed by atoms with Gasteiger partial charge in [0.25, 0.3) is 0 Å². The Hall–Kier alpha value is -1.92. The summed E-state index contributed by atoms with van der Waals surface area (Å²) >= 11 is 0. The van der Waals surface area contributed by atoms with Gasteiger partial charge in [0.2, 0.25) is 0 Å². The summed E-state index contributed by atoms with van der Waals surface area (Å²) in [4.78, 5) is 22.3. The molecule has 0 amide bonds. The van der Waals surface area contributed by atoms with Gasteiger partial charge in [0.1, 0.15) is 6.10 Å². The fourth-order valence-electron chi connectivity index (χ4n) is 1.19. The number of aliphatic hydroxyl groups excluding tert-OH is 2.